The van der Waals surface area contributed by atoms with E-state index >= 15 is 0 Å². The Bertz CT molecular complexity index is 1070. The van der Waals surface area contributed by atoms with Gasteiger partial charge < -0.3 is 20.1 Å². The number of ether oxygens (including phenoxy) is 1. The van der Waals surface area contributed by atoms with Gasteiger partial charge in [0, 0.05) is 23.1 Å². The van der Waals surface area contributed by atoms with Crippen molar-refractivity contribution in [1.29, 1.82) is 0 Å². The van der Waals surface area contributed by atoms with Crippen molar-refractivity contribution in [2.45, 2.75) is 12.3 Å². The van der Waals surface area contributed by atoms with Crippen LogP contribution in [0.4, 0.5) is 0 Å². The predicted molar refractivity (Wildman–Crippen MR) is 110 cm³/mol. The second-order valence-corrected chi connectivity index (χ2v) is 7.76. The number of Topliss-reactive ketones (excluding diaryl/α,β-unsaturated/α-hetero) is 1. The zero-order valence-electron chi connectivity index (χ0n) is 15.0. The maximum Gasteiger partial charge on any atom is 0.174 e. The third-order valence-electron chi connectivity index (χ3n) is 4.89. The van der Waals surface area contributed by atoms with E-state index in [1.807, 2.05) is 12.1 Å². The Morgan fingerprint density at radius 1 is 0.931 bits per heavy atom. The Morgan fingerprint density at radius 2 is 1.59 bits per heavy atom. The molecule has 0 amide bonds. The van der Waals surface area contributed by atoms with Crippen molar-refractivity contribution in [3.8, 4) is 28.7 Å². The van der Waals surface area contributed by atoms with Gasteiger partial charge in [0.2, 0.25) is 0 Å². The molecule has 29 heavy (non-hydrogen) atoms. The second kappa shape index (κ2) is 7.50. The maximum atomic E-state index is 12.7. The average molecular weight is 431 g/mol. The van der Waals surface area contributed by atoms with Crippen LogP contribution in [0.3, 0.4) is 0 Å². The molecule has 5 nitrogen and oxygen atoms in total. The lowest BCUT2D eigenvalue weighted by molar-refractivity contribution is 0.0960. The quantitative estimate of drug-likeness (QED) is 0.439. The van der Waals surface area contributed by atoms with Crippen LogP contribution in [-0.4, -0.2) is 21.1 Å². The van der Waals surface area contributed by atoms with Gasteiger partial charge in [0.05, 0.1) is 5.02 Å². The summed E-state index contributed by atoms with van der Waals surface area (Å²) in [7, 11) is 0. The molecule has 0 saturated heterocycles. The molecule has 1 saturated carbocycles. The molecule has 0 heterocycles. The van der Waals surface area contributed by atoms with Crippen molar-refractivity contribution in [3.63, 3.8) is 0 Å². The third-order valence-corrected chi connectivity index (χ3v) is 5.42. The van der Waals surface area contributed by atoms with Crippen LogP contribution in [0.5, 0.6) is 28.7 Å². The highest BCUT2D eigenvalue weighted by atomic mass is 35.5. The summed E-state index contributed by atoms with van der Waals surface area (Å²) in [4.78, 5) is 12.7. The normalized spacial score (nSPS) is 17.7. The van der Waals surface area contributed by atoms with E-state index in [1.165, 1.54) is 0 Å². The highest BCUT2D eigenvalue weighted by Gasteiger charge is 2.45. The number of hydrogen-bond donors (Lipinski definition) is 3. The van der Waals surface area contributed by atoms with E-state index in [9.17, 15) is 20.1 Å². The van der Waals surface area contributed by atoms with E-state index in [0.717, 1.165) is 17.7 Å². The SMILES string of the molecule is O=C(c1c(O)cc(O)cc1O)C1CC1c1ccc(Oc2ccc(Cl)cc2Cl)cc1. The molecule has 3 N–H and O–H groups in total. The minimum absolute atomic E-state index is 0.0109. The zero-order chi connectivity index (χ0) is 20.7. The van der Waals surface area contributed by atoms with Crippen LogP contribution in [0.15, 0.2) is 54.6 Å². The van der Waals surface area contributed by atoms with E-state index in [0.29, 0.717) is 28.0 Å². The number of halogens is 2. The lowest BCUT2D eigenvalue weighted by Gasteiger charge is -2.09. The van der Waals surface area contributed by atoms with Crippen LogP contribution in [0.1, 0.15) is 28.3 Å². The number of carbonyl (C=O) groups is 1. The summed E-state index contributed by atoms with van der Waals surface area (Å²) >= 11 is 12.0. The van der Waals surface area contributed by atoms with Gasteiger partial charge in [-0.1, -0.05) is 35.3 Å². The molecule has 0 spiro atoms. The van der Waals surface area contributed by atoms with Crippen molar-refractivity contribution >= 4 is 29.0 Å². The smallest absolute Gasteiger partial charge is 0.174 e. The molecular formula is C22H16Cl2O5. The Balaban J connectivity index is 1.46. The number of hydrogen-bond acceptors (Lipinski definition) is 5. The fraction of sp³-hybridized carbons (Fsp3) is 0.136. The second-order valence-electron chi connectivity index (χ2n) is 6.92. The number of carbonyl (C=O) groups excluding carboxylic acids is 1. The van der Waals surface area contributed by atoms with E-state index in [4.69, 9.17) is 27.9 Å². The number of aromatic hydroxyl groups is 3. The predicted octanol–water partition coefficient (Wildman–Crippen LogP) is 5.89. The molecule has 0 aliphatic heterocycles. The van der Waals surface area contributed by atoms with Gasteiger partial charge in [-0.3, -0.25) is 4.79 Å². The fourth-order valence-corrected chi connectivity index (χ4v) is 3.80. The topological polar surface area (TPSA) is 87.0 Å². The molecule has 4 rings (SSSR count). The van der Waals surface area contributed by atoms with Gasteiger partial charge in [0.1, 0.15) is 34.3 Å². The van der Waals surface area contributed by atoms with E-state index in [1.54, 1.807) is 30.3 Å². The molecule has 0 bridgehead atoms. The molecule has 148 valence electrons. The first-order valence-corrected chi connectivity index (χ1v) is 9.61. The number of phenolic OH excluding ortho intramolecular Hbond substituents is 3. The van der Waals surface area contributed by atoms with Gasteiger partial charge in [0.25, 0.3) is 0 Å². The van der Waals surface area contributed by atoms with Crippen LogP contribution in [0.2, 0.25) is 10.0 Å². The van der Waals surface area contributed by atoms with Crippen molar-refractivity contribution in [2.24, 2.45) is 5.92 Å². The van der Waals surface area contributed by atoms with Crippen molar-refractivity contribution in [3.05, 3.63) is 75.8 Å². The summed E-state index contributed by atoms with van der Waals surface area (Å²) in [5.41, 5.74) is 0.795. The van der Waals surface area contributed by atoms with Crippen molar-refractivity contribution in [2.75, 3.05) is 0 Å². The Morgan fingerprint density at radius 3 is 2.21 bits per heavy atom. The Hall–Kier alpha value is -2.89. The number of ketones is 1. The van der Waals surface area contributed by atoms with Gasteiger partial charge in [-0.25, -0.2) is 0 Å². The molecule has 0 radical (unpaired) electrons. The summed E-state index contributed by atoms with van der Waals surface area (Å²) in [6.07, 6.45) is 0.613. The van der Waals surface area contributed by atoms with Crippen molar-refractivity contribution in [1.82, 2.24) is 0 Å². The minimum Gasteiger partial charge on any atom is -0.508 e. The lowest BCUT2D eigenvalue weighted by atomic mass is 10.0. The summed E-state index contributed by atoms with van der Waals surface area (Å²) in [5.74, 6) is -0.781. The Labute approximate surface area is 176 Å². The average Bonchev–Trinajstić information content (AvgIpc) is 3.44. The first-order chi connectivity index (χ1) is 13.8. The van der Waals surface area contributed by atoms with E-state index in [-0.39, 0.29) is 28.9 Å². The first-order valence-electron chi connectivity index (χ1n) is 8.85. The molecule has 1 aliphatic carbocycles. The van der Waals surface area contributed by atoms with Crippen LogP contribution in [0.25, 0.3) is 0 Å². The van der Waals surface area contributed by atoms with Crippen LogP contribution < -0.4 is 4.74 Å². The molecule has 1 aliphatic rings. The fourth-order valence-electron chi connectivity index (χ4n) is 3.36. The monoisotopic (exact) mass is 430 g/mol. The molecular weight excluding hydrogens is 415 g/mol. The Kier molecular flexibility index (Phi) is 5.03. The van der Waals surface area contributed by atoms with Gasteiger partial charge in [-0.05, 0) is 48.2 Å². The molecule has 1 fully saturated rings. The molecule has 3 aromatic rings. The molecule has 2 unspecified atom stereocenters. The number of rotatable bonds is 5. The van der Waals surface area contributed by atoms with E-state index in [2.05, 4.69) is 0 Å². The van der Waals surface area contributed by atoms with Gasteiger partial charge in [-0.2, -0.15) is 0 Å². The summed E-state index contributed by atoms with van der Waals surface area (Å²) in [5, 5.41) is 30.1. The van der Waals surface area contributed by atoms with Crippen LogP contribution >= 0.6 is 23.2 Å². The lowest BCUT2D eigenvalue weighted by Crippen LogP contribution is -2.04. The first kappa shape index (κ1) is 19.4. The molecule has 0 aromatic heterocycles. The van der Waals surface area contributed by atoms with Gasteiger partial charge in [0.15, 0.2) is 5.78 Å². The van der Waals surface area contributed by atoms with Crippen molar-refractivity contribution < 1.29 is 24.9 Å². The van der Waals surface area contributed by atoms with Crippen LogP contribution in [-0.2, 0) is 0 Å². The number of phenols is 3. The summed E-state index contributed by atoms with van der Waals surface area (Å²) < 4.78 is 5.76. The highest BCUT2D eigenvalue weighted by Crippen LogP contribution is 2.51. The maximum absolute atomic E-state index is 12.7. The zero-order valence-corrected chi connectivity index (χ0v) is 16.5. The largest absolute Gasteiger partial charge is 0.508 e. The molecule has 3 aromatic carbocycles. The highest BCUT2D eigenvalue weighted by molar-refractivity contribution is 6.35. The van der Waals surface area contributed by atoms with Gasteiger partial charge in [-0.15, -0.1) is 0 Å². The summed E-state index contributed by atoms with van der Waals surface area (Å²) in [6, 6.07) is 14.4. The minimum atomic E-state index is -0.429. The third kappa shape index (κ3) is 3.97. The molecule has 7 heteroatoms. The summed E-state index contributed by atoms with van der Waals surface area (Å²) in [6.45, 7) is 0. The van der Waals surface area contributed by atoms with Crippen LogP contribution in [0, 0.1) is 5.92 Å². The number of benzene rings is 3. The van der Waals surface area contributed by atoms with E-state index < -0.39 is 11.5 Å². The van der Waals surface area contributed by atoms with Gasteiger partial charge >= 0.3 is 0 Å². The standard InChI is InChI=1S/C22H16Cl2O5/c23-12-3-6-20(17(24)7-12)29-14-4-1-11(2-5-14)15-10-16(15)22(28)21-18(26)8-13(25)9-19(21)27/h1-9,15-16,25-27H,10H2. The molecule has 2 atom stereocenters.